The Hall–Kier alpha value is -1.85. The summed E-state index contributed by atoms with van der Waals surface area (Å²) < 4.78 is 37.0. The number of nitrogens with one attached hydrogen (secondary N) is 1. The first-order valence-corrected chi connectivity index (χ1v) is 4.86. The Labute approximate surface area is 96.4 Å². The third-order valence-corrected chi connectivity index (χ3v) is 2.01. The molecular formula is C11H11F3N2O. The van der Waals surface area contributed by atoms with Gasteiger partial charge < -0.3 is 5.32 Å². The molecule has 1 heterocycles. The number of halogens is 3. The Kier molecular flexibility index (Phi) is 4.25. The van der Waals surface area contributed by atoms with Gasteiger partial charge in [0.2, 0.25) is 5.91 Å². The minimum absolute atomic E-state index is 0.256. The Balaban J connectivity index is 2.61. The second-order valence-electron chi connectivity index (χ2n) is 3.29. The molecule has 0 spiro atoms. The molecule has 17 heavy (non-hydrogen) atoms. The maximum absolute atomic E-state index is 12.3. The van der Waals surface area contributed by atoms with E-state index in [0.717, 1.165) is 18.3 Å². The van der Waals surface area contributed by atoms with Crippen LogP contribution in [-0.4, -0.2) is 17.4 Å². The van der Waals surface area contributed by atoms with E-state index in [4.69, 9.17) is 0 Å². The molecule has 0 saturated carbocycles. The number of pyridine rings is 1. The molecule has 1 aromatic rings. The lowest BCUT2D eigenvalue weighted by atomic mass is 10.1. The number of hydrogen-bond donors (Lipinski definition) is 1. The van der Waals surface area contributed by atoms with Crippen molar-refractivity contribution in [3.63, 3.8) is 0 Å². The van der Waals surface area contributed by atoms with Crippen LogP contribution in [0.2, 0.25) is 0 Å². The van der Waals surface area contributed by atoms with Gasteiger partial charge >= 0.3 is 6.18 Å². The molecule has 0 unspecified atom stereocenters. The van der Waals surface area contributed by atoms with Crippen molar-refractivity contribution in [2.45, 2.75) is 12.6 Å². The van der Waals surface area contributed by atoms with Gasteiger partial charge in [0, 0.05) is 12.7 Å². The maximum Gasteiger partial charge on any atom is 0.433 e. The van der Waals surface area contributed by atoms with Gasteiger partial charge in [-0.2, -0.15) is 13.2 Å². The van der Waals surface area contributed by atoms with E-state index in [1.807, 2.05) is 0 Å². The summed E-state index contributed by atoms with van der Waals surface area (Å²) in [7, 11) is 0. The highest BCUT2D eigenvalue weighted by Crippen LogP contribution is 2.27. The third kappa shape index (κ3) is 4.26. The fourth-order valence-electron chi connectivity index (χ4n) is 1.19. The predicted molar refractivity (Wildman–Crippen MR) is 56.1 cm³/mol. The van der Waals surface area contributed by atoms with Crippen LogP contribution >= 0.6 is 0 Å². The zero-order valence-electron chi connectivity index (χ0n) is 8.92. The zero-order chi connectivity index (χ0) is 12.9. The van der Waals surface area contributed by atoms with Gasteiger partial charge in [0.15, 0.2) is 0 Å². The van der Waals surface area contributed by atoms with Crippen molar-refractivity contribution in [1.29, 1.82) is 0 Å². The van der Waals surface area contributed by atoms with Crippen molar-refractivity contribution >= 4 is 5.91 Å². The fraction of sp³-hybridized carbons (Fsp3) is 0.273. The van der Waals surface area contributed by atoms with Gasteiger partial charge in [-0.1, -0.05) is 6.58 Å². The molecule has 6 heteroatoms. The van der Waals surface area contributed by atoms with Crippen molar-refractivity contribution in [3.05, 3.63) is 42.2 Å². The molecule has 0 aliphatic heterocycles. The van der Waals surface area contributed by atoms with Gasteiger partial charge in [0.05, 0.1) is 0 Å². The van der Waals surface area contributed by atoms with Crippen LogP contribution in [-0.2, 0) is 17.4 Å². The number of hydrogen-bond acceptors (Lipinski definition) is 2. The smallest absolute Gasteiger partial charge is 0.352 e. The molecule has 1 rings (SSSR count). The molecule has 0 atom stereocenters. The van der Waals surface area contributed by atoms with Crippen LogP contribution in [0.5, 0.6) is 0 Å². The second kappa shape index (κ2) is 5.47. The number of aromatic nitrogens is 1. The lowest BCUT2D eigenvalue weighted by molar-refractivity contribution is -0.141. The van der Waals surface area contributed by atoms with Crippen molar-refractivity contribution in [3.8, 4) is 0 Å². The first-order valence-electron chi connectivity index (χ1n) is 4.86. The van der Waals surface area contributed by atoms with Crippen molar-refractivity contribution in [2.75, 3.05) is 6.54 Å². The van der Waals surface area contributed by atoms with E-state index in [2.05, 4.69) is 16.9 Å². The molecule has 0 saturated heterocycles. The van der Waals surface area contributed by atoms with Gasteiger partial charge in [-0.15, -0.1) is 0 Å². The minimum Gasteiger partial charge on any atom is -0.352 e. The fourth-order valence-corrected chi connectivity index (χ4v) is 1.19. The average molecular weight is 244 g/mol. The summed E-state index contributed by atoms with van der Waals surface area (Å²) in [4.78, 5) is 14.0. The summed E-state index contributed by atoms with van der Waals surface area (Å²) in [6.07, 6.45) is -1.92. The Morgan fingerprint density at radius 2 is 2.24 bits per heavy atom. The van der Waals surface area contributed by atoms with Crippen LogP contribution in [0, 0.1) is 0 Å². The summed E-state index contributed by atoms with van der Waals surface area (Å²) in [5, 5.41) is 2.48. The number of alkyl halides is 3. The third-order valence-electron chi connectivity index (χ3n) is 2.01. The summed E-state index contributed by atoms with van der Waals surface area (Å²) in [5.41, 5.74) is -0.457. The van der Waals surface area contributed by atoms with E-state index in [0.29, 0.717) is 12.0 Å². The molecule has 92 valence electrons. The highest BCUT2D eigenvalue weighted by molar-refractivity contribution is 5.86. The molecule has 0 aromatic carbocycles. The van der Waals surface area contributed by atoms with Gasteiger partial charge in [0.1, 0.15) is 5.69 Å². The van der Waals surface area contributed by atoms with Crippen LogP contribution in [0.25, 0.3) is 0 Å². The van der Waals surface area contributed by atoms with Crippen LogP contribution in [0.4, 0.5) is 13.2 Å². The van der Waals surface area contributed by atoms with Gasteiger partial charge in [-0.05, 0) is 30.2 Å². The number of amides is 1. The van der Waals surface area contributed by atoms with E-state index in [9.17, 15) is 18.0 Å². The van der Waals surface area contributed by atoms with E-state index in [1.165, 1.54) is 6.07 Å². The number of carbonyl (C=O) groups excluding carboxylic acids is 1. The van der Waals surface area contributed by atoms with Crippen LogP contribution in [0.3, 0.4) is 0 Å². The van der Waals surface area contributed by atoms with Crippen LogP contribution in [0.1, 0.15) is 11.3 Å². The van der Waals surface area contributed by atoms with E-state index in [1.54, 1.807) is 0 Å². The molecular weight excluding hydrogens is 233 g/mol. The Morgan fingerprint density at radius 3 is 2.82 bits per heavy atom. The quantitative estimate of drug-likeness (QED) is 0.822. The Bertz CT molecular complexity index is 415. The van der Waals surface area contributed by atoms with Crippen LogP contribution in [0.15, 0.2) is 31.0 Å². The highest BCUT2D eigenvalue weighted by Gasteiger charge is 2.32. The number of carbonyl (C=O) groups is 1. The molecule has 0 radical (unpaired) electrons. The molecule has 0 fully saturated rings. The molecule has 3 nitrogen and oxygen atoms in total. The second-order valence-corrected chi connectivity index (χ2v) is 3.29. The maximum atomic E-state index is 12.3. The SMILES string of the molecule is C=CC(=O)NCCc1ccnc(C(F)(F)F)c1. The number of rotatable bonds is 4. The summed E-state index contributed by atoms with van der Waals surface area (Å²) in [6, 6.07) is 2.45. The normalized spacial score (nSPS) is 11.0. The lowest BCUT2D eigenvalue weighted by Gasteiger charge is -2.07. The zero-order valence-corrected chi connectivity index (χ0v) is 8.92. The van der Waals surface area contributed by atoms with E-state index in [-0.39, 0.29) is 12.5 Å². The van der Waals surface area contributed by atoms with Gasteiger partial charge in [-0.3, -0.25) is 9.78 Å². The van der Waals surface area contributed by atoms with Gasteiger partial charge in [-0.25, -0.2) is 0 Å². The van der Waals surface area contributed by atoms with Crippen molar-refractivity contribution in [1.82, 2.24) is 10.3 Å². The van der Waals surface area contributed by atoms with E-state index >= 15 is 0 Å². The molecule has 0 bridgehead atoms. The first kappa shape index (κ1) is 13.2. The van der Waals surface area contributed by atoms with Crippen molar-refractivity contribution < 1.29 is 18.0 Å². The first-order chi connectivity index (χ1) is 7.93. The van der Waals surface area contributed by atoms with Crippen LogP contribution < -0.4 is 5.32 Å². The number of nitrogens with zero attached hydrogens (tertiary/aromatic N) is 1. The van der Waals surface area contributed by atoms with Gasteiger partial charge in [0.25, 0.3) is 0 Å². The predicted octanol–water partition coefficient (Wildman–Crippen LogP) is 1.95. The molecule has 1 aromatic heterocycles. The average Bonchev–Trinajstić information content (AvgIpc) is 2.28. The molecule has 0 aliphatic carbocycles. The van der Waals surface area contributed by atoms with Crippen molar-refractivity contribution in [2.24, 2.45) is 0 Å². The summed E-state index contributed by atoms with van der Waals surface area (Å²) >= 11 is 0. The molecule has 0 aliphatic rings. The summed E-state index contributed by atoms with van der Waals surface area (Å²) in [5.74, 6) is -0.352. The summed E-state index contributed by atoms with van der Waals surface area (Å²) in [6.45, 7) is 3.52. The molecule has 1 amide bonds. The van der Waals surface area contributed by atoms with E-state index < -0.39 is 11.9 Å². The minimum atomic E-state index is -4.44. The standard InChI is InChI=1S/C11H11F3N2O/c1-2-10(17)16-6-4-8-3-5-15-9(7-8)11(12,13)14/h2-3,5,7H,1,4,6H2,(H,16,17). The lowest BCUT2D eigenvalue weighted by Crippen LogP contribution is -2.23. The topological polar surface area (TPSA) is 42.0 Å². The monoisotopic (exact) mass is 244 g/mol. The molecule has 1 N–H and O–H groups in total. The largest absolute Gasteiger partial charge is 0.433 e. The highest BCUT2D eigenvalue weighted by atomic mass is 19.4. The Morgan fingerprint density at radius 1 is 1.53 bits per heavy atom.